The number of hydrogen-bond donors (Lipinski definition) is 3. The van der Waals surface area contributed by atoms with Crippen molar-refractivity contribution in [3.05, 3.63) is 88.4 Å². The Labute approximate surface area is 202 Å². The predicted octanol–water partition coefficient (Wildman–Crippen LogP) is 4.06. The van der Waals surface area contributed by atoms with Crippen LogP contribution in [0.4, 0.5) is 11.4 Å². The van der Waals surface area contributed by atoms with Crippen LogP contribution in [0.25, 0.3) is 0 Å². The highest BCUT2D eigenvalue weighted by molar-refractivity contribution is 6.39. The molecule has 0 atom stereocenters. The van der Waals surface area contributed by atoms with E-state index in [1.807, 2.05) is 32.0 Å². The molecule has 3 aromatic rings. The number of para-hydroxylation sites is 2. The summed E-state index contributed by atoms with van der Waals surface area (Å²) < 4.78 is 5.58. The molecule has 3 N–H and O–H groups in total. The van der Waals surface area contributed by atoms with Gasteiger partial charge in [-0.05, 0) is 55.3 Å². The second kappa shape index (κ2) is 11.6. The summed E-state index contributed by atoms with van der Waals surface area (Å²) in [6.45, 7) is 3.43. The highest BCUT2D eigenvalue weighted by atomic mass is 35.5. The van der Waals surface area contributed by atoms with Gasteiger partial charge in [0.25, 0.3) is 5.91 Å². The van der Waals surface area contributed by atoms with E-state index in [0.717, 1.165) is 11.1 Å². The Morgan fingerprint density at radius 1 is 0.912 bits per heavy atom. The summed E-state index contributed by atoms with van der Waals surface area (Å²) >= 11 is 5.91. The number of carbonyl (C=O) groups is 3. The number of ether oxygens (including phenoxy) is 1. The maximum Gasteiger partial charge on any atom is 0.329 e. The average Bonchev–Trinajstić information content (AvgIpc) is 2.80. The molecule has 0 aliphatic heterocycles. The van der Waals surface area contributed by atoms with Gasteiger partial charge in [-0.15, -0.1) is 0 Å². The molecule has 3 amide bonds. The van der Waals surface area contributed by atoms with Crippen molar-refractivity contribution in [3.63, 3.8) is 0 Å². The largest absolute Gasteiger partial charge is 0.483 e. The number of aryl methyl sites for hydroxylation is 2. The van der Waals surface area contributed by atoms with Crippen LogP contribution in [-0.2, 0) is 14.4 Å². The lowest BCUT2D eigenvalue weighted by Crippen LogP contribution is -2.32. The van der Waals surface area contributed by atoms with Gasteiger partial charge < -0.3 is 15.4 Å². The zero-order valence-electron chi connectivity index (χ0n) is 18.6. The molecule has 0 heterocycles. The molecule has 9 heteroatoms. The Morgan fingerprint density at radius 2 is 1.62 bits per heavy atom. The van der Waals surface area contributed by atoms with E-state index in [-0.39, 0.29) is 12.5 Å². The molecule has 3 rings (SSSR count). The third-order valence-corrected chi connectivity index (χ3v) is 4.92. The number of anilines is 2. The molecule has 0 saturated heterocycles. The lowest BCUT2D eigenvalue weighted by atomic mass is 10.1. The van der Waals surface area contributed by atoms with Crippen molar-refractivity contribution < 1.29 is 19.1 Å². The number of nitrogens with zero attached hydrogens (tertiary/aromatic N) is 1. The number of amides is 3. The molecule has 3 aromatic carbocycles. The number of benzene rings is 3. The van der Waals surface area contributed by atoms with Crippen molar-refractivity contribution in [2.24, 2.45) is 5.10 Å². The maximum absolute atomic E-state index is 12.2. The van der Waals surface area contributed by atoms with Crippen LogP contribution in [0.3, 0.4) is 0 Å². The van der Waals surface area contributed by atoms with Crippen LogP contribution < -0.4 is 20.8 Å². The third kappa shape index (κ3) is 6.91. The van der Waals surface area contributed by atoms with E-state index in [0.29, 0.717) is 27.7 Å². The molecule has 0 saturated carbocycles. The molecular formula is C25H23ClN4O4. The summed E-state index contributed by atoms with van der Waals surface area (Å²) in [6, 6.07) is 19.1. The van der Waals surface area contributed by atoms with Crippen LogP contribution in [0.15, 0.2) is 71.8 Å². The van der Waals surface area contributed by atoms with Gasteiger partial charge in [-0.1, -0.05) is 48.0 Å². The molecule has 34 heavy (non-hydrogen) atoms. The quantitative estimate of drug-likeness (QED) is 0.270. The lowest BCUT2D eigenvalue weighted by molar-refractivity contribution is -0.136. The van der Waals surface area contributed by atoms with Gasteiger partial charge in [-0.25, -0.2) is 5.43 Å². The Kier molecular flexibility index (Phi) is 8.37. The fourth-order valence-corrected chi connectivity index (χ4v) is 3.21. The van der Waals surface area contributed by atoms with Crippen LogP contribution in [0.1, 0.15) is 16.7 Å². The second-order valence-electron chi connectivity index (χ2n) is 7.31. The van der Waals surface area contributed by atoms with E-state index in [1.54, 1.807) is 48.5 Å². The molecular weight excluding hydrogens is 456 g/mol. The minimum atomic E-state index is -0.918. The number of rotatable bonds is 7. The van der Waals surface area contributed by atoms with Gasteiger partial charge in [0, 0.05) is 22.0 Å². The number of hydrogen-bond acceptors (Lipinski definition) is 5. The van der Waals surface area contributed by atoms with Gasteiger partial charge in [0.05, 0.1) is 6.21 Å². The minimum absolute atomic E-state index is 0.248. The van der Waals surface area contributed by atoms with Crippen LogP contribution in [-0.4, -0.2) is 30.5 Å². The lowest BCUT2D eigenvalue weighted by Gasteiger charge is -2.10. The SMILES string of the molecule is Cc1cccc(C)c1NC(=O)C(=O)N/N=C\c1ccccc1OCC(=O)Nc1cccc(Cl)c1. The highest BCUT2D eigenvalue weighted by Gasteiger charge is 2.15. The van der Waals surface area contributed by atoms with Gasteiger partial charge >= 0.3 is 11.8 Å². The molecule has 0 radical (unpaired) electrons. The topological polar surface area (TPSA) is 109 Å². The Morgan fingerprint density at radius 3 is 2.35 bits per heavy atom. The number of hydrazone groups is 1. The van der Waals surface area contributed by atoms with Gasteiger partial charge in [-0.3, -0.25) is 14.4 Å². The first-order valence-corrected chi connectivity index (χ1v) is 10.7. The van der Waals surface area contributed by atoms with Crippen LogP contribution in [0.5, 0.6) is 5.75 Å². The Bertz CT molecular complexity index is 1220. The monoisotopic (exact) mass is 478 g/mol. The average molecular weight is 479 g/mol. The smallest absolute Gasteiger partial charge is 0.329 e. The first-order valence-electron chi connectivity index (χ1n) is 10.3. The van der Waals surface area contributed by atoms with Crippen LogP contribution in [0.2, 0.25) is 5.02 Å². The molecule has 0 aliphatic carbocycles. The van der Waals surface area contributed by atoms with Gasteiger partial charge in [0.1, 0.15) is 5.75 Å². The van der Waals surface area contributed by atoms with E-state index in [2.05, 4.69) is 21.2 Å². The number of carbonyl (C=O) groups excluding carboxylic acids is 3. The first kappa shape index (κ1) is 24.5. The summed E-state index contributed by atoms with van der Waals surface area (Å²) in [6.07, 6.45) is 1.33. The summed E-state index contributed by atoms with van der Waals surface area (Å²) in [4.78, 5) is 36.5. The zero-order chi connectivity index (χ0) is 24.5. The van der Waals surface area contributed by atoms with Gasteiger partial charge in [0.15, 0.2) is 6.61 Å². The Hall–Kier alpha value is -4.17. The minimum Gasteiger partial charge on any atom is -0.483 e. The van der Waals surface area contributed by atoms with Crippen molar-refractivity contribution in [1.82, 2.24) is 5.43 Å². The number of nitrogens with one attached hydrogen (secondary N) is 3. The number of halogens is 1. The van der Waals surface area contributed by atoms with Crippen molar-refractivity contribution in [2.45, 2.75) is 13.8 Å². The second-order valence-corrected chi connectivity index (χ2v) is 7.74. The molecule has 8 nitrogen and oxygen atoms in total. The van der Waals surface area contributed by atoms with E-state index in [9.17, 15) is 14.4 Å². The van der Waals surface area contributed by atoms with Gasteiger partial charge in [-0.2, -0.15) is 5.10 Å². The van der Waals surface area contributed by atoms with E-state index in [1.165, 1.54) is 6.21 Å². The fourth-order valence-electron chi connectivity index (χ4n) is 3.02. The summed E-state index contributed by atoms with van der Waals surface area (Å²) in [5.74, 6) is -1.75. The first-order chi connectivity index (χ1) is 16.3. The molecule has 0 spiro atoms. The summed E-state index contributed by atoms with van der Waals surface area (Å²) in [5, 5.41) is 9.62. The Balaban J connectivity index is 1.55. The van der Waals surface area contributed by atoms with Crippen molar-refractivity contribution in [2.75, 3.05) is 17.2 Å². The molecule has 0 unspecified atom stereocenters. The highest BCUT2D eigenvalue weighted by Crippen LogP contribution is 2.19. The summed E-state index contributed by atoms with van der Waals surface area (Å²) in [5.41, 5.74) is 5.52. The van der Waals surface area contributed by atoms with Crippen molar-refractivity contribution >= 4 is 46.9 Å². The maximum atomic E-state index is 12.2. The zero-order valence-corrected chi connectivity index (χ0v) is 19.3. The molecule has 0 fully saturated rings. The predicted molar refractivity (Wildman–Crippen MR) is 132 cm³/mol. The third-order valence-electron chi connectivity index (χ3n) is 4.68. The molecule has 0 aromatic heterocycles. The molecule has 0 bridgehead atoms. The van der Waals surface area contributed by atoms with E-state index in [4.69, 9.17) is 16.3 Å². The van der Waals surface area contributed by atoms with Crippen molar-refractivity contribution in [3.8, 4) is 5.75 Å². The van der Waals surface area contributed by atoms with E-state index < -0.39 is 11.8 Å². The normalized spacial score (nSPS) is 10.6. The van der Waals surface area contributed by atoms with E-state index >= 15 is 0 Å². The standard InChI is InChI=1S/C25H23ClN4O4/c1-16-7-5-8-17(2)23(16)29-24(32)25(33)30-27-14-18-9-3-4-12-21(18)34-15-22(31)28-20-11-6-10-19(26)13-20/h3-14H,15H2,1-2H3,(H,28,31)(H,29,32)(H,30,33)/b27-14-. The molecule has 0 aliphatic rings. The van der Waals surface area contributed by atoms with Crippen molar-refractivity contribution in [1.29, 1.82) is 0 Å². The fraction of sp³-hybridized carbons (Fsp3) is 0.120. The summed E-state index contributed by atoms with van der Waals surface area (Å²) in [7, 11) is 0. The van der Waals surface area contributed by atoms with Gasteiger partial charge in [0.2, 0.25) is 0 Å². The van der Waals surface area contributed by atoms with Crippen LogP contribution in [0, 0.1) is 13.8 Å². The van der Waals surface area contributed by atoms with Crippen LogP contribution >= 0.6 is 11.6 Å². The molecule has 174 valence electrons.